The molecule has 3 rings (SSSR count). The predicted octanol–water partition coefficient (Wildman–Crippen LogP) is 2.09. The Hall–Kier alpha value is -1.92. The first-order valence-electron chi connectivity index (χ1n) is 7.58. The normalized spacial score (nSPS) is 17.7. The molecular formula is C16H19ClN4O2. The maximum absolute atomic E-state index is 12.5. The number of aromatic nitrogens is 3. The van der Waals surface area contributed by atoms with Crippen LogP contribution >= 0.6 is 11.6 Å². The second kappa shape index (κ2) is 7.10. The number of benzene rings is 1. The summed E-state index contributed by atoms with van der Waals surface area (Å²) in [5.74, 6) is 0.346. The third-order valence-corrected chi connectivity index (χ3v) is 4.24. The van der Waals surface area contributed by atoms with Crippen molar-refractivity contribution in [2.24, 2.45) is 5.92 Å². The van der Waals surface area contributed by atoms with E-state index in [2.05, 4.69) is 10.3 Å². The fourth-order valence-electron chi connectivity index (χ4n) is 2.80. The number of carbonyl (C=O) groups excluding carboxylic acids is 1. The van der Waals surface area contributed by atoms with Crippen LogP contribution in [-0.4, -0.2) is 52.6 Å². The summed E-state index contributed by atoms with van der Waals surface area (Å²) in [6.45, 7) is 2.71. The van der Waals surface area contributed by atoms with Crippen molar-refractivity contribution in [2.45, 2.75) is 13.0 Å². The average Bonchev–Trinajstić information content (AvgIpc) is 3.19. The smallest absolute Gasteiger partial charge is 0.276 e. The van der Waals surface area contributed by atoms with Crippen LogP contribution in [0.2, 0.25) is 5.02 Å². The van der Waals surface area contributed by atoms with Gasteiger partial charge in [-0.1, -0.05) is 28.9 Å². The van der Waals surface area contributed by atoms with E-state index in [-0.39, 0.29) is 5.91 Å². The standard InChI is InChI=1S/C16H19ClN4O2/c1-23-11-13-6-7-20(8-13)16(22)15-10-21(19-18-15)9-12-2-4-14(17)5-3-12/h2-5,10,13H,6-9,11H2,1H3. The van der Waals surface area contributed by atoms with Crippen LogP contribution in [0.3, 0.4) is 0 Å². The number of carbonyl (C=O) groups is 1. The highest BCUT2D eigenvalue weighted by Gasteiger charge is 2.28. The molecule has 1 saturated heterocycles. The Bertz CT molecular complexity index is 671. The van der Waals surface area contributed by atoms with Crippen LogP contribution in [0.1, 0.15) is 22.5 Å². The first-order chi connectivity index (χ1) is 11.2. The summed E-state index contributed by atoms with van der Waals surface area (Å²) in [5, 5.41) is 8.75. The number of rotatable bonds is 5. The second-order valence-electron chi connectivity index (χ2n) is 5.79. The molecule has 1 aliphatic rings. The van der Waals surface area contributed by atoms with Crippen LogP contribution in [0.25, 0.3) is 0 Å². The molecule has 1 atom stereocenters. The SMILES string of the molecule is COCC1CCN(C(=O)c2cn(Cc3ccc(Cl)cc3)nn2)C1. The minimum absolute atomic E-state index is 0.0639. The van der Waals surface area contributed by atoms with Gasteiger partial charge in [0.05, 0.1) is 19.3 Å². The number of halogens is 1. The highest BCUT2D eigenvalue weighted by Crippen LogP contribution is 2.18. The van der Waals surface area contributed by atoms with Gasteiger partial charge in [0.15, 0.2) is 5.69 Å². The molecule has 7 heteroatoms. The summed E-state index contributed by atoms with van der Waals surface area (Å²) in [5.41, 5.74) is 1.44. The zero-order chi connectivity index (χ0) is 16.2. The van der Waals surface area contributed by atoms with E-state index in [1.165, 1.54) is 0 Å². The van der Waals surface area contributed by atoms with Crippen LogP contribution < -0.4 is 0 Å². The van der Waals surface area contributed by atoms with Crippen molar-refractivity contribution < 1.29 is 9.53 Å². The van der Waals surface area contributed by atoms with Crippen molar-refractivity contribution in [2.75, 3.05) is 26.8 Å². The fourth-order valence-corrected chi connectivity index (χ4v) is 2.93. The highest BCUT2D eigenvalue weighted by molar-refractivity contribution is 6.30. The number of ether oxygens (including phenoxy) is 1. The van der Waals surface area contributed by atoms with E-state index in [4.69, 9.17) is 16.3 Å². The molecule has 2 heterocycles. The maximum Gasteiger partial charge on any atom is 0.276 e. The van der Waals surface area contributed by atoms with Gasteiger partial charge < -0.3 is 9.64 Å². The summed E-state index contributed by atoms with van der Waals surface area (Å²) in [6, 6.07) is 7.53. The molecule has 0 saturated carbocycles. The Morgan fingerprint density at radius 1 is 1.39 bits per heavy atom. The van der Waals surface area contributed by atoms with Gasteiger partial charge in [-0.25, -0.2) is 4.68 Å². The second-order valence-corrected chi connectivity index (χ2v) is 6.23. The van der Waals surface area contributed by atoms with Crippen LogP contribution in [0, 0.1) is 5.92 Å². The Balaban J connectivity index is 1.62. The molecule has 0 bridgehead atoms. The molecule has 0 spiro atoms. The first kappa shape index (κ1) is 16.0. The van der Waals surface area contributed by atoms with Crippen LogP contribution in [0.5, 0.6) is 0 Å². The molecule has 122 valence electrons. The number of amides is 1. The van der Waals surface area contributed by atoms with Gasteiger partial charge >= 0.3 is 0 Å². The van der Waals surface area contributed by atoms with E-state index < -0.39 is 0 Å². The highest BCUT2D eigenvalue weighted by atomic mass is 35.5. The number of nitrogens with zero attached hydrogens (tertiary/aromatic N) is 4. The van der Waals surface area contributed by atoms with Crippen LogP contribution in [0.4, 0.5) is 0 Å². The number of hydrogen-bond donors (Lipinski definition) is 0. The predicted molar refractivity (Wildman–Crippen MR) is 86.5 cm³/mol. The van der Waals surface area contributed by atoms with Gasteiger partial charge in [0.2, 0.25) is 0 Å². The zero-order valence-corrected chi connectivity index (χ0v) is 13.7. The lowest BCUT2D eigenvalue weighted by molar-refractivity contribution is 0.0769. The molecule has 1 aliphatic heterocycles. The third kappa shape index (κ3) is 3.89. The van der Waals surface area contributed by atoms with Crippen LogP contribution in [0.15, 0.2) is 30.5 Å². The Labute approximate surface area is 140 Å². The van der Waals surface area contributed by atoms with Gasteiger partial charge in [-0.05, 0) is 24.1 Å². The van der Waals surface area contributed by atoms with E-state index in [9.17, 15) is 4.79 Å². The molecule has 23 heavy (non-hydrogen) atoms. The lowest BCUT2D eigenvalue weighted by Gasteiger charge is -2.14. The molecule has 0 N–H and O–H groups in total. The monoisotopic (exact) mass is 334 g/mol. The molecule has 1 amide bonds. The summed E-state index contributed by atoms with van der Waals surface area (Å²) < 4.78 is 6.82. The van der Waals surface area contributed by atoms with Gasteiger partial charge in [0.25, 0.3) is 5.91 Å². The lowest BCUT2D eigenvalue weighted by atomic mass is 10.1. The van der Waals surface area contributed by atoms with Crippen LogP contribution in [-0.2, 0) is 11.3 Å². The fraction of sp³-hybridized carbons (Fsp3) is 0.438. The van der Waals surface area contributed by atoms with Gasteiger partial charge in [0.1, 0.15) is 0 Å². The molecule has 6 nitrogen and oxygen atoms in total. The van der Waals surface area contributed by atoms with Crippen molar-refractivity contribution in [3.8, 4) is 0 Å². The number of methoxy groups -OCH3 is 1. The van der Waals surface area contributed by atoms with E-state index in [1.54, 1.807) is 18.0 Å². The first-order valence-corrected chi connectivity index (χ1v) is 7.96. The Morgan fingerprint density at radius 3 is 2.91 bits per heavy atom. The maximum atomic E-state index is 12.5. The molecular weight excluding hydrogens is 316 g/mol. The van der Waals surface area contributed by atoms with Gasteiger partial charge in [-0.3, -0.25) is 4.79 Å². The van der Waals surface area contributed by atoms with Crippen molar-refractivity contribution in [3.05, 3.63) is 46.7 Å². The summed E-state index contributed by atoms with van der Waals surface area (Å²) in [7, 11) is 1.69. The van der Waals surface area contributed by atoms with Crippen molar-refractivity contribution in [1.82, 2.24) is 19.9 Å². The quantitative estimate of drug-likeness (QED) is 0.840. The Morgan fingerprint density at radius 2 is 2.17 bits per heavy atom. The molecule has 1 aromatic carbocycles. The number of hydrogen-bond acceptors (Lipinski definition) is 4. The molecule has 1 aromatic heterocycles. The number of likely N-dealkylation sites (tertiary alicyclic amines) is 1. The van der Waals surface area contributed by atoms with Gasteiger partial charge in [-0.2, -0.15) is 0 Å². The molecule has 2 aromatic rings. The average molecular weight is 335 g/mol. The molecule has 0 aliphatic carbocycles. The largest absolute Gasteiger partial charge is 0.384 e. The van der Waals surface area contributed by atoms with E-state index in [0.717, 1.165) is 25.1 Å². The summed E-state index contributed by atoms with van der Waals surface area (Å²) >= 11 is 5.87. The van der Waals surface area contributed by atoms with Gasteiger partial charge in [0, 0.05) is 31.1 Å². The third-order valence-electron chi connectivity index (χ3n) is 3.99. The zero-order valence-electron chi connectivity index (χ0n) is 13.0. The van der Waals surface area contributed by atoms with Crippen molar-refractivity contribution in [1.29, 1.82) is 0 Å². The molecule has 0 radical (unpaired) electrons. The minimum Gasteiger partial charge on any atom is -0.384 e. The lowest BCUT2D eigenvalue weighted by Crippen LogP contribution is -2.29. The topological polar surface area (TPSA) is 60.2 Å². The van der Waals surface area contributed by atoms with Crippen molar-refractivity contribution >= 4 is 17.5 Å². The van der Waals surface area contributed by atoms with Gasteiger partial charge in [-0.15, -0.1) is 5.10 Å². The van der Waals surface area contributed by atoms with E-state index in [1.807, 2.05) is 29.2 Å². The summed E-state index contributed by atoms with van der Waals surface area (Å²) in [6.07, 6.45) is 2.67. The molecule has 1 unspecified atom stereocenters. The minimum atomic E-state index is -0.0639. The molecule has 1 fully saturated rings. The van der Waals surface area contributed by atoms with E-state index in [0.29, 0.717) is 29.8 Å². The summed E-state index contributed by atoms with van der Waals surface area (Å²) in [4.78, 5) is 14.3. The van der Waals surface area contributed by atoms with E-state index >= 15 is 0 Å². The van der Waals surface area contributed by atoms with Crippen molar-refractivity contribution in [3.63, 3.8) is 0 Å². The Kier molecular flexibility index (Phi) is 4.93.